The molecule has 0 radical (unpaired) electrons. The van der Waals surface area contributed by atoms with Crippen molar-refractivity contribution in [1.29, 1.82) is 0 Å². The number of H-pyrrole nitrogens is 1. The number of nitrogens with one attached hydrogen (secondary N) is 2. The molecule has 2 amide bonds. The normalized spacial score (nSPS) is 11.9. The summed E-state index contributed by atoms with van der Waals surface area (Å²) < 4.78 is 0. The third-order valence-corrected chi connectivity index (χ3v) is 5.52. The number of aromatic amines is 1. The number of nitroso groups, excluding NO2 is 1. The summed E-state index contributed by atoms with van der Waals surface area (Å²) in [6, 6.07) is 9.77. The van der Waals surface area contributed by atoms with Gasteiger partial charge in [0.2, 0.25) is 5.43 Å². The monoisotopic (exact) mass is 435 g/mol. The molecule has 0 saturated carbocycles. The van der Waals surface area contributed by atoms with Gasteiger partial charge in [0.1, 0.15) is 11.3 Å². The van der Waals surface area contributed by atoms with E-state index in [1.54, 1.807) is 30.3 Å². The predicted molar refractivity (Wildman–Crippen MR) is 123 cm³/mol. The van der Waals surface area contributed by atoms with Gasteiger partial charge >= 0.3 is 0 Å². The molecular formula is C24H25N3O5. The molecule has 0 aliphatic carbocycles. The van der Waals surface area contributed by atoms with Gasteiger partial charge in [0.15, 0.2) is 0 Å². The summed E-state index contributed by atoms with van der Waals surface area (Å²) in [5, 5.41) is 16.2. The van der Waals surface area contributed by atoms with Crippen LogP contribution in [-0.4, -0.2) is 21.9 Å². The molecule has 3 N–H and O–H groups in total. The van der Waals surface area contributed by atoms with E-state index in [0.717, 1.165) is 0 Å². The lowest BCUT2D eigenvalue weighted by Gasteiger charge is -2.28. The Morgan fingerprint density at radius 1 is 1.03 bits per heavy atom. The lowest BCUT2D eigenvalue weighted by Crippen LogP contribution is -2.29. The number of anilines is 1. The van der Waals surface area contributed by atoms with Crippen molar-refractivity contribution in [2.45, 2.75) is 45.4 Å². The van der Waals surface area contributed by atoms with Crippen molar-refractivity contribution in [1.82, 2.24) is 4.98 Å². The minimum Gasteiger partial charge on any atom is -0.508 e. The molecule has 0 bridgehead atoms. The number of para-hydroxylation sites is 1. The summed E-state index contributed by atoms with van der Waals surface area (Å²) in [6.07, 6.45) is 1.35. The van der Waals surface area contributed by atoms with Gasteiger partial charge in [0.05, 0.1) is 5.41 Å². The van der Waals surface area contributed by atoms with Crippen LogP contribution in [0.5, 0.6) is 5.75 Å². The molecule has 0 unspecified atom stereocenters. The van der Waals surface area contributed by atoms with Crippen LogP contribution in [0.2, 0.25) is 0 Å². The van der Waals surface area contributed by atoms with Crippen molar-refractivity contribution in [2.24, 2.45) is 5.18 Å². The van der Waals surface area contributed by atoms with E-state index < -0.39 is 28.1 Å². The van der Waals surface area contributed by atoms with Crippen LogP contribution in [0, 0.1) is 4.91 Å². The van der Waals surface area contributed by atoms with Crippen molar-refractivity contribution >= 4 is 28.4 Å². The van der Waals surface area contributed by atoms with Crippen LogP contribution in [0.1, 0.15) is 56.1 Å². The van der Waals surface area contributed by atoms with Gasteiger partial charge in [-0.2, -0.15) is 0 Å². The number of carbonyl (C=O) groups excluding carboxylic acids is 2. The number of carbonyl (C=O) groups is 2. The average molecular weight is 435 g/mol. The lowest BCUT2D eigenvalue weighted by atomic mass is 9.78. The molecule has 166 valence electrons. The molecule has 0 spiro atoms. The van der Waals surface area contributed by atoms with Gasteiger partial charge in [-0.05, 0) is 43.0 Å². The Kier molecular flexibility index (Phi) is 5.74. The van der Waals surface area contributed by atoms with Crippen LogP contribution in [-0.2, 0) is 15.6 Å². The molecule has 1 heterocycles. The summed E-state index contributed by atoms with van der Waals surface area (Å²) >= 11 is 0. The second kappa shape index (κ2) is 8.03. The molecule has 0 saturated heterocycles. The first-order chi connectivity index (χ1) is 14.9. The van der Waals surface area contributed by atoms with Crippen molar-refractivity contribution in [3.8, 4) is 5.75 Å². The number of fused-ring (bicyclic) bond motifs is 1. The minimum absolute atomic E-state index is 0.0761. The fraction of sp³-hybridized carbons (Fsp3) is 0.292. The topological polar surface area (TPSA) is 129 Å². The molecule has 0 aliphatic rings. The number of nitrogens with zero attached hydrogens (tertiary/aromatic N) is 1. The van der Waals surface area contributed by atoms with E-state index in [1.165, 1.54) is 26.1 Å². The molecule has 1 aromatic heterocycles. The number of amides is 2. The van der Waals surface area contributed by atoms with E-state index >= 15 is 0 Å². The SMILES string of the molecule is CC(C)(C)c1cc(C(C)(C)C(=O)N=O)c(O)cc1NC(=O)c1c[nH]c2ccccc2c1=O. The second-order valence-corrected chi connectivity index (χ2v) is 9.22. The van der Waals surface area contributed by atoms with E-state index in [2.05, 4.69) is 15.5 Å². The zero-order chi connectivity index (χ0) is 23.8. The Morgan fingerprint density at radius 2 is 1.69 bits per heavy atom. The Morgan fingerprint density at radius 3 is 2.31 bits per heavy atom. The van der Waals surface area contributed by atoms with Crippen molar-refractivity contribution in [3.05, 3.63) is 74.4 Å². The quantitative estimate of drug-likeness (QED) is 0.525. The van der Waals surface area contributed by atoms with Gasteiger partial charge < -0.3 is 15.4 Å². The number of hydrogen-bond donors (Lipinski definition) is 3. The van der Waals surface area contributed by atoms with Gasteiger partial charge in [0, 0.05) is 39.6 Å². The molecule has 0 fully saturated rings. The number of aromatic nitrogens is 1. The first kappa shape index (κ1) is 22.9. The van der Waals surface area contributed by atoms with Crippen LogP contribution in [0.3, 0.4) is 0 Å². The smallest absolute Gasteiger partial charge is 0.296 e. The molecule has 0 aliphatic heterocycles. The minimum atomic E-state index is -1.36. The Hall–Kier alpha value is -3.81. The number of benzene rings is 2. The summed E-state index contributed by atoms with van der Waals surface area (Å²) in [5.41, 5.74) is -0.623. The standard InChI is InChI=1S/C24H25N3O5/c1-23(2,3)15-10-16(24(4,5)22(31)27-32)19(28)11-18(15)26-21(30)14-12-25-17-9-7-6-8-13(17)20(14)29/h6-12,28H,1-5H3,(H,25,29)(H,26,30). The molecule has 32 heavy (non-hydrogen) atoms. The Balaban J connectivity index is 2.10. The highest BCUT2D eigenvalue weighted by Crippen LogP contribution is 2.40. The maximum Gasteiger partial charge on any atom is 0.296 e. The molecular weight excluding hydrogens is 410 g/mol. The van der Waals surface area contributed by atoms with Crippen molar-refractivity contribution in [3.63, 3.8) is 0 Å². The fourth-order valence-electron chi connectivity index (χ4n) is 3.57. The first-order valence-corrected chi connectivity index (χ1v) is 10.1. The highest BCUT2D eigenvalue weighted by Gasteiger charge is 2.35. The number of phenols is 1. The summed E-state index contributed by atoms with van der Waals surface area (Å²) in [4.78, 5) is 51.6. The van der Waals surface area contributed by atoms with Gasteiger partial charge in [-0.25, -0.2) is 0 Å². The number of rotatable bonds is 4. The van der Waals surface area contributed by atoms with Crippen molar-refractivity contribution < 1.29 is 14.7 Å². The molecule has 8 nitrogen and oxygen atoms in total. The second-order valence-electron chi connectivity index (χ2n) is 9.22. The highest BCUT2D eigenvalue weighted by atomic mass is 16.3. The molecule has 3 aromatic rings. The highest BCUT2D eigenvalue weighted by molar-refractivity contribution is 6.06. The largest absolute Gasteiger partial charge is 0.508 e. The molecule has 2 aromatic carbocycles. The molecule has 3 rings (SSSR count). The number of aromatic hydroxyl groups is 1. The summed E-state index contributed by atoms with van der Waals surface area (Å²) in [5.74, 6) is -1.84. The van der Waals surface area contributed by atoms with E-state index in [0.29, 0.717) is 22.2 Å². The van der Waals surface area contributed by atoms with Crippen molar-refractivity contribution in [2.75, 3.05) is 5.32 Å². The van der Waals surface area contributed by atoms with Gasteiger partial charge in [0.25, 0.3) is 11.8 Å². The molecule has 0 atom stereocenters. The summed E-state index contributed by atoms with van der Waals surface area (Å²) in [6.45, 7) is 8.67. The third kappa shape index (κ3) is 4.03. The predicted octanol–water partition coefficient (Wildman–Crippen LogP) is 4.35. The van der Waals surface area contributed by atoms with Crippen LogP contribution < -0.4 is 10.7 Å². The average Bonchev–Trinajstić information content (AvgIpc) is 2.72. The van der Waals surface area contributed by atoms with Gasteiger partial charge in [-0.3, -0.25) is 14.4 Å². The van der Waals surface area contributed by atoms with Gasteiger partial charge in [-0.15, -0.1) is 4.91 Å². The van der Waals surface area contributed by atoms with Gasteiger partial charge in [-0.1, -0.05) is 32.9 Å². The van der Waals surface area contributed by atoms with E-state index in [1.807, 2.05) is 20.8 Å². The van der Waals surface area contributed by atoms with Crippen LogP contribution in [0.4, 0.5) is 5.69 Å². The van der Waals surface area contributed by atoms with Crippen LogP contribution >= 0.6 is 0 Å². The first-order valence-electron chi connectivity index (χ1n) is 10.1. The lowest BCUT2D eigenvalue weighted by molar-refractivity contribution is -0.122. The Bertz CT molecular complexity index is 1300. The van der Waals surface area contributed by atoms with Crippen LogP contribution in [0.15, 0.2) is 52.6 Å². The van der Waals surface area contributed by atoms with E-state index in [9.17, 15) is 24.4 Å². The third-order valence-electron chi connectivity index (χ3n) is 5.52. The number of pyridine rings is 1. The zero-order valence-electron chi connectivity index (χ0n) is 18.6. The van der Waals surface area contributed by atoms with E-state index in [-0.39, 0.29) is 16.9 Å². The summed E-state index contributed by atoms with van der Waals surface area (Å²) in [7, 11) is 0. The Labute approximate surface area is 184 Å². The van der Waals surface area contributed by atoms with E-state index in [4.69, 9.17) is 0 Å². The van der Waals surface area contributed by atoms with Crippen LogP contribution in [0.25, 0.3) is 10.9 Å². The zero-order valence-corrected chi connectivity index (χ0v) is 18.6. The number of hydrogen-bond acceptors (Lipinski definition) is 5. The fourth-order valence-corrected chi connectivity index (χ4v) is 3.57. The maximum atomic E-state index is 13.0. The molecule has 8 heteroatoms. The maximum absolute atomic E-state index is 13.0. The number of phenolic OH excluding ortho intramolecular Hbond substituents is 1.